The Kier molecular flexibility index (Phi) is 7.82. The van der Waals surface area contributed by atoms with E-state index in [1.54, 1.807) is 12.1 Å². The average molecular weight is 430 g/mol. The van der Waals surface area contributed by atoms with Gasteiger partial charge < -0.3 is 19.3 Å². The molecule has 1 aliphatic heterocycles. The van der Waals surface area contributed by atoms with Crippen LogP contribution < -0.4 is 14.9 Å². The highest BCUT2D eigenvalue weighted by molar-refractivity contribution is 9.10. The number of morpholine rings is 1. The Bertz CT molecular complexity index is 676. The molecule has 0 radical (unpaired) electrons. The van der Waals surface area contributed by atoms with E-state index in [4.69, 9.17) is 19.3 Å². The number of hydrogen-bond donors (Lipinski definition) is 2. The molecular formula is C16H20BrN3O6. The first-order valence-corrected chi connectivity index (χ1v) is 8.63. The van der Waals surface area contributed by atoms with E-state index in [-0.39, 0.29) is 18.2 Å². The first-order valence-electron chi connectivity index (χ1n) is 7.83. The normalized spacial score (nSPS) is 15.0. The van der Waals surface area contributed by atoms with Crippen LogP contribution in [0, 0.1) is 0 Å². The molecular weight excluding hydrogens is 410 g/mol. The number of carboxylic acids is 1. The van der Waals surface area contributed by atoms with Crippen LogP contribution in [0.3, 0.4) is 0 Å². The van der Waals surface area contributed by atoms with Gasteiger partial charge in [0, 0.05) is 23.1 Å². The zero-order valence-electron chi connectivity index (χ0n) is 14.2. The Labute approximate surface area is 159 Å². The highest BCUT2D eigenvalue weighted by Crippen LogP contribution is 2.32. The molecule has 0 spiro atoms. The zero-order chi connectivity index (χ0) is 18.9. The van der Waals surface area contributed by atoms with Crippen molar-refractivity contribution in [1.29, 1.82) is 0 Å². The molecule has 0 saturated carbocycles. The number of halogens is 1. The quantitative estimate of drug-likeness (QED) is 0.462. The van der Waals surface area contributed by atoms with Gasteiger partial charge in [0.1, 0.15) is 0 Å². The van der Waals surface area contributed by atoms with E-state index in [1.807, 2.05) is 4.90 Å². The van der Waals surface area contributed by atoms with Crippen molar-refractivity contribution in [2.24, 2.45) is 5.10 Å². The fourth-order valence-electron chi connectivity index (χ4n) is 2.23. The van der Waals surface area contributed by atoms with Gasteiger partial charge in [-0.15, -0.1) is 0 Å². The van der Waals surface area contributed by atoms with Gasteiger partial charge in [-0.25, -0.2) is 10.2 Å². The van der Waals surface area contributed by atoms with Crippen molar-refractivity contribution in [3.63, 3.8) is 0 Å². The third-order valence-corrected chi connectivity index (χ3v) is 4.18. The number of hydrazone groups is 1. The van der Waals surface area contributed by atoms with Crippen molar-refractivity contribution in [2.45, 2.75) is 0 Å². The van der Waals surface area contributed by atoms with Crippen LogP contribution in [-0.4, -0.2) is 74.7 Å². The molecule has 0 aromatic heterocycles. The second-order valence-electron chi connectivity index (χ2n) is 5.39. The molecule has 0 aliphatic carbocycles. The molecule has 1 heterocycles. The zero-order valence-corrected chi connectivity index (χ0v) is 15.8. The average Bonchev–Trinajstić information content (AvgIpc) is 2.62. The summed E-state index contributed by atoms with van der Waals surface area (Å²) in [6.07, 6.45) is 1.46. The number of rotatable bonds is 8. The van der Waals surface area contributed by atoms with E-state index in [0.29, 0.717) is 29.0 Å². The third kappa shape index (κ3) is 6.28. The second kappa shape index (κ2) is 10.1. The maximum absolute atomic E-state index is 11.9. The van der Waals surface area contributed by atoms with E-state index < -0.39 is 12.6 Å². The van der Waals surface area contributed by atoms with Crippen LogP contribution in [0.1, 0.15) is 5.56 Å². The molecule has 142 valence electrons. The molecule has 26 heavy (non-hydrogen) atoms. The lowest BCUT2D eigenvalue weighted by Gasteiger charge is -2.25. The number of aliphatic carboxylic acids is 1. The van der Waals surface area contributed by atoms with Crippen molar-refractivity contribution in [3.05, 3.63) is 22.2 Å². The molecule has 2 rings (SSSR count). The van der Waals surface area contributed by atoms with Crippen LogP contribution in [0.2, 0.25) is 0 Å². The van der Waals surface area contributed by atoms with Gasteiger partial charge in [-0.1, -0.05) is 0 Å². The standard InChI is InChI=1S/C16H20BrN3O6/c1-24-13-6-11(12(17)7-14(13)26-10-16(22)23)8-18-19-15(21)9-20-2-4-25-5-3-20/h6-8H,2-5,9-10H2,1H3,(H,19,21)(H,22,23)/b18-8+. The molecule has 1 fully saturated rings. The number of amides is 1. The lowest BCUT2D eigenvalue weighted by atomic mass is 10.2. The molecule has 1 amide bonds. The minimum atomic E-state index is -1.09. The fraction of sp³-hybridized carbons (Fsp3) is 0.438. The molecule has 1 aliphatic rings. The van der Waals surface area contributed by atoms with Crippen molar-refractivity contribution >= 4 is 34.0 Å². The van der Waals surface area contributed by atoms with E-state index in [2.05, 4.69) is 26.5 Å². The number of carbonyl (C=O) groups is 2. The van der Waals surface area contributed by atoms with Gasteiger partial charge in [-0.3, -0.25) is 9.69 Å². The van der Waals surface area contributed by atoms with E-state index >= 15 is 0 Å². The Morgan fingerprint density at radius 3 is 2.77 bits per heavy atom. The number of carboxylic acid groups (broad SMARTS) is 1. The SMILES string of the molecule is COc1cc(/C=N/NC(=O)CN2CCOCC2)c(Br)cc1OCC(=O)O. The Balaban J connectivity index is 1.95. The van der Waals surface area contributed by atoms with E-state index in [9.17, 15) is 9.59 Å². The maximum Gasteiger partial charge on any atom is 0.341 e. The minimum Gasteiger partial charge on any atom is -0.493 e. The lowest BCUT2D eigenvalue weighted by molar-refractivity contribution is -0.139. The molecule has 1 aromatic rings. The number of nitrogens with one attached hydrogen (secondary N) is 1. The summed E-state index contributed by atoms with van der Waals surface area (Å²) in [5.74, 6) is -0.657. The third-order valence-electron chi connectivity index (χ3n) is 3.50. The van der Waals surface area contributed by atoms with E-state index in [1.165, 1.54) is 13.3 Å². The van der Waals surface area contributed by atoms with Gasteiger partial charge >= 0.3 is 5.97 Å². The summed E-state index contributed by atoms with van der Waals surface area (Å²) in [5, 5.41) is 12.6. The van der Waals surface area contributed by atoms with Gasteiger partial charge in [0.2, 0.25) is 0 Å². The number of methoxy groups -OCH3 is 1. The molecule has 1 saturated heterocycles. The summed E-state index contributed by atoms with van der Waals surface area (Å²) in [4.78, 5) is 24.5. The number of ether oxygens (including phenoxy) is 3. The predicted octanol–water partition coefficient (Wildman–Crippen LogP) is 0.703. The Morgan fingerprint density at radius 1 is 1.38 bits per heavy atom. The monoisotopic (exact) mass is 429 g/mol. The number of benzene rings is 1. The summed E-state index contributed by atoms with van der Waals surface area (Å²) < 4.78 is 16.2. The van der Waals surface area contributed by atoms with Crippen LogP contribution in [0.15, 0.2) is 21.7 Å². The Morgan fingerprint density at radius 2 is 2.12 bits per heavy atom. The second-order valence-corrected chi connectivity index (χ2v) is 6.24. The Hall–Kier alpha value is -2.17. The number of nitrogens with zero attached hydrogens (tertiary/aromatic N) is 2. The van der Waals surface area contributed by atoms with Crippen molar-refractivity contribution in [1.82, 2.24) is 10.3 Å². The first kappa shape index (κ1) is 20.1. The maximum atomic E-state index is 11.9. The first-order chi connectivity index (χ1) is 12.5. The summed E-state index contributed by atoms with van der Waals surface area (Å²) in [6.45, 7) is 2.47. The highest BCUT2D eigenvalue weighted by atomic mass is 79.9. The van der Waals surface area contributed by atoms with Crippen molar-refractivity contribution < 1.29 is 28.9 Å². The van der Waals surface area contributed by atoms with Crippen LogP contribution in [-0.2, 0) is 14.3 Å². The van der Waals surface area contributed by atoms with Gasteiger partial charge in [0.05, 0.1) is 33.1 Å². The van der Waals surface area contributed by atoms with Crippen LogP contribution in [0.4, 0.5) is 0 Å². The predicted molar refractivity (Wildman–Crippen MR) is 96.8 cm³/mol. The number of hydrogen-bond acceptors (Lipinski definition) is 7. The molecule has 0 bridgehead atoms. The van der Waals surface area contributed by atoms with Crippen LogP contribution in [0.25, 0.3) is 0 Å². The van der Waals surface area contributed by atoms with Crippen LogP contribution in [0.5, 0.6) is 11.5 Å². The lowest BCUT2D eigenvalue weighted by Crippen LogP contribution is -2.42. The van der Waals surface area contributed by atoms with E-state index in [0.717, 1.165) is 13.1 Å². The molecule has 10 heteroatoms. The van der Waals surface area contributed by atoms with Crippen molar-refractivity contribution in [2.75, 3.05) is 46.6 Å². The van der Waals surface area contributed by atoms with Gasteiger partial charge in [0.25, 0.3) is 5.91 Å². The summed E-state index contributed by atoms with van der Waals surface area (Å²) in [6, 6.07) is 3.21. The fourth-order valence-corrected chi connectivity index (χ4v) is 2.66. The minimum absolute atomic E-state index is 0.215. The van der Waals surface area contributed by atoms with Gasteiger partial charge in [-0.2, -0.15) is 5.10 Å². The molecule has 0 atom stereocenters. The summed E-state index contributed by atoms with van der Waals surface area (Å²) in [5.41, 5.74) is 3.11. The molecule has 0 unspecified atom stereocenters. The van der Waals surface area contributed by atoms with Gasteiger partial charge in [-0.05, 0) is 28.1 Å². The molecule has 9 nitrogen and oxygen atoms in total. The topological polar surface area (TPSA) is 110 Å². The summed E-state index contributed by atoms with van der Waals surface area (Å²) >= 11 is 3.36. The highest BCUT2D eigenvalue weighted by Gasteiger charge is 2.14. The van der Waals surface area contributed by atoms with Gasteiger partial charge in [0.15, 0.2) is 18.1 Å². The van der Waals surface area contributed by atoms with Crippen molar-refractivity contribution in [3.8, 4) is 11.5 Å². The largest absolute Gasteiger partial charge is 0.493 e. The summed E-state index contributed by atoms with van der Waals surface area (Å²) in [7, 11) is 1.45. The number of carbonyl (C=O) groups excluding carboxylic acids is 1. The molecule has 1 aromatic carbocycles. The molecule has 2 N–H and O–H groups in total. The van der Waals surface area contributed by atoms with Crippen LogP contribution >= 0.6 is 15.9 Å². The smallest absolute Gasteiger partial charge is 0.341 e.